The number of pyridine rings is 2. The number of hydrogen-bond acceptors (Lipinski definition) is 4. The number of hydrazine groups is 1. The van der Waals surface area contributed by atoms with Crippen LogP contribution in [0.5, 0.6) is 0 Å². The van der Waals surface area contributed by atoms with E-state index in [1.54, 1.807) is 18.3 Å². The molecule has 18 heavy (non-hydrogen) atoms. The third kappa shape index (κ3) is 3.30. The van der Waals surface area contributed by atoms with Gasteiger partial charge in [-0.2, -0.15) is 0 Å². The fourth-order valence-corrected chi connectivity index (χ4v) is 1.88. The Morgan fingerprint density at radius 3 is 2.89 bits per heavy atom. The molecular formula is C11H8ClIN4O. The van der Waals surface area contributed by atoms with Crippen LogP contribution in [-0.2, 0) is 0 Å². The lowest BCUT2D eigenvalue weighted by Crippen LogP contribution is -2.30. The van der Waals surface area contributed by atoms with Crippen LogP contribution >= 0.6 is 34.2 Å². The summed E-state index contributed by atoms with van der Waals surface area (Å²) in [7, 11) is 0. The van der Waals surface area contributed by atoms with Crippen LogP contribution in [-0.4, -0.2) is 15.9 Å². The molecule has 0 aliphatic heterocycles. The number of carbonyl (C=O) groups is 1. The van der Waals surface area contributed by atoms with Gasteiger partial charge < -0.3 is 0 Å². The molecule has 0 unspecified atom stereocenters. The van der Waals surface area contributed by atoms with Crippen LogP contribution in [0, 0.1) is 3.57 Å². The summed E-state index contributed by atoms with van der Waals surface area (Å²) in [6.45, 7) is 0. The standard InChI is InChI=1S/C11H8ClIN4O/c12-9-6-14-3-2-8(9)11(18)17-16-10-5-7(13)1-4-15-10/h1-6H,(H,15,16)(H,17,18). The molecule has 0 bridgehead atoms. The van der Waals surface area contributed by atoms with Crippen LogP contribution < -0.4 is 10.9 Å². The van der Waals surface area contributed by atoms with E-state index in [1.807, 2.05) is 6.07 Å². The molecule has 0 saturated carbocycles. The topological polar surface area (TPSA) is 66.9 Å². The van der Waals surface area contributed by atoms with Crippen LogP contribution in [0.2, 0.25) is 5.02 Å². The number of anilines is 1. The maximum atomic E-state index is 11.8. The van der Waals surface area contributed by atoms with Crippen molar-refractivity contribution in [1.29, 1.82) is 0 Å². The Balaban J connectivity index is 2.03. The minimum Gasteiger partial charge on any atom is -0.282 e. The van der Waals surface area contributed by atoms with Crippen LogP contribution in [0.1, 0.15) is 10.4 Å². The molecule has 1 amide bonds. The molecule has 2 N–H and O–H groups in total. The summed E-state index contributed by atoms with van der Waals surface area (Å²) >= 11 is 8.02. The third-order valence-electron chi connectivity index (χ3n) is 2.04. The Bertz CT molecular complexity index is 578. The van der Waals surface area contributed by atoms with Gasteiger partial charge in [0, 0.05) is 22.2 Å². The summed E-state index contributed by atoms with van der Waals surface area (Å²) < 4.78 is 1.02. The average Bonchev–Trinajstić information content (AvgIpc) is 2.37. The van der Waals surface area contributed by atoms with Crippen LogP contribution in [0.15, 0.2) is 36.8 Å². The lowest BCUT2D eigenvalue weighted by atomic mass is 10.2. The first-order chi connectivity index (χ1) is 8.66. The van der Waals surface area contributed by atoms with Gasteiger partial charge in [-0.1, -0.05) is 11.6 Å². The molecule has 2 rings (SSSR count). The van der Waals surface area contributed by atoms with E-state index in [-0.39, 0.29) is 5.91 Å². The molecule has 0 atom stereocenters. The first kappa shape index (κ1) is 13.0. The first-order valence-electron chi connectivity index (χ1n) is 4.94. The van der Waals surface area contributed by atoms with E-state index >= 15 is 0 Å². The van der Waals surface area contributed by atoms with Crippen molar-refractivity contribution in [3.05, 3.63) is 50.9 Å². The number of nitrogens with zero attached hydrogens (tertiary/aromatic N) is 2. The van der Waals surface area contributed by atoms with Gasteiger partial charge in [-0.3, -0.25) is 20.6 Å². The second-order valence-electron chi connectivity index (χ2n) is 3.29. The molecule has 2 heterocycles. The minimum atomic E-state index is -0.344. The predicted octanol–water partition coefficient (Wildman–Crippen LogP) is 2.49. The molecule has 0 aromatic carbocycles. The van der Waals surface area contributed by atoms with Crippen LogP contribution in [0.3, 0.4) is 0 Å². The smallest absolute Gasteiger partial charge is 0.271 e. The van der Waals surface area contributed by atoms with Crippen LogP contribution in [0.25, 0.3) is 0 Å². The zero-order valence-electron chi connectivity index (χ0n) is 9.02. The number of halogens is 2. The van der Waals surface area contributed by atoms with E-state index in [4.69, 9.17) is 11.6 Å². The number of carbonyl (C=O) groups excluding carboxylic acids is 1. The fraction of sp³-hybridized carbons (Fsp3) is 0. The van der Waals surface area contributed by atoms with Gasteiger partial charge in [-0.15, -0.1) is 0 Å². The maximum absolute atomic E-state index is 11.8. The van der Waals surface area contributed by atoms with E-state index in [0.29, 0.717) is 16.4 Å². The molecular weight excluding hydrogens is 367 g/mol. The normalized spacial score (nSPS) is 9.89. The SMILES string of the molecule is O=C(NNc1cc(I)ccn1)c1ccncc1Cl. The highest BCUT2D eigenvalue weighted by Gasteiger charge is 2.09. The third-order valence-corrected chi connectivity index (χ3v) is 3.02. The Morgan fingerprint density at radius 2 is 2.17 bits per heavy atom. The molecule has 0 radical (unpaired) electrons. The lowest BCUT2D eigenvalue weighted by molar-refractivity contribution is 0.0962. The number of rotatable bonds is 3. The molecule has 0 spiro atoms. The van der Waals surface area contributed by atoms with E-state index < -0.39 is 0 Å². The summed E-state index contributed by atoms with van der Waals surface area (Å²) in [4.78, 5) is 19.7. The number of nitrogens with one attached hydrogen (secondary N) is 2. The predicted molar refractivity (Wildman–Crippen MR) is 77.3 cm³/mol. The van der Waals surface area contributed by atoms with Crippen molar-refractivity contribution in [1.82, 2.24) is 15.4 Å². The second-order valence-corrected chi connectivity index (χ2v) is 4.95. The van der Waals surface area contributed by atoms with Gasteiger partial charge in [0.15, 0.2) is 0 Å². The molecule has 2 aromatic rings. The molecule has 92 valence electrons. The Labute approximate surface area is 122 Å². The summed E-state index contributed by atoms with van der Waals surface area (Å²) in [5.74, 6) is 0.212. The maximum Gasteiger partial charge on any atom is 0.271 e. The number of amides is 1. The largest absolute Gasteiger partial charge is 0.282 e. The molecule has 0 fully saturated rings. The Morgan fingerprint density at radius 1 is 1.33 bits per heavy atom. The van der Waals surface area contributed by atoms with Gasteiger partial charge in [-0.05, 0) is 40.8 Å². The van der Waals surface area contributed by atoms with Crippen molar-refractivity contribution in [2.45, 2.75) is 0 Å². The Hall–Kier alpha value is -1.41. The van der Waals surface area contributed by atoms with Crippen molar-refractivity contribution in [3.63, 3.8) is 0 Å². The summed E-state index contributed by atoms with van der Waals surface area (Å²) in [6, 6.07) is 5.20. The fourth-order valence-electron chi connectivity index (χ4n) is 1.22. The quantitative estimate of drug-likeness (QED) is 0.640. The van der Waals surface area contributed by atoms with Crippen molar-refractivity contribution in [2.75, 3.05) is 5.43 Å². The van der Waals surface area contributed by atoms with Gasteiger partial charge >= 0.3 is 0 Å². The average molecular weight is 375 g/mol. The van der Waals surface area contributed by atoms with Crippen molar-refractivity contribution in [2.24, 2.45) is 0 Å². The molecule has 0 aliphatic rings. The number of aromatic nitrogens is 2. The van der Waals surface area contributed by atoms with E-state index in [1.165, 1.54) is 12.4 Å². The highest BCUT2D eigenvalue weighted by atomic mass is 127. The summed E-state index contributed by atoms with van der Waals surface area (Å²) in [6.07, 6.45) is 4.57. The van der Waals surface area contributed by atoms with Gasteiger partial charge in [0.05, 0.1) is 10.6 Å². The van der Waals surface area contributed by atoms with E-state index in [2.05, 4.69) is 43.4 Å². The zero-order chi connectivity index (χ0) is 13.0. The van der Waals surface area contributed by atoms with Crippen LogP contribution in [0.4, 0.5) is 5.82 Å². The molecule has 5 nitrogen and oxygen atoms in total. The zero-order valence-corrected chi connectivity index (χ0v) is 11.9. The molecule has 0 aliphatic carbocycles. The van der Waals surface area contributed by atoms with Gasteiger partial charge in [0.1, 0.15) is 5.82 Å². The molecule has 2 aromatic heterocycles. The van der Waals surface area contributed by atoms with Crippen molar-refractivity contribution in [3.8, 4) is 0 Å². The summed E-state index contributed by atoms with van der Waals surface area (Å²) in [5, 5.41) is 0.299. The Kier molecular flexibility index (Phi) is 4.32. The van der Waals surface area contributed by atoms with Gasteiger partial charge in [0.2, 0.25) is 0 Å². The second kappa shape index (κ2) is 5.96. The monoisotopic (exact) mass is 374 g/mol. The highest BCUT2D eigenvalue weighted by Crippen LogP contribution is 2.13. The van der Waals surface area contributed by atoms with Crippen molar-refractivity contribution >= 4 is 45.9 Å². The van der Waals surface area contributed by atoms with E-state index in [9.17, 15) is 4.79 Å². The van der Waals surface area contributed by atoms with Crippen molar-refractivity contribution < 1.29 is 4.79 Å². The van der Waals surface area contributed by atoms with E-state index in [0.717, 1.165) is 3.57 Å². The highest BCUT2D eigenvalue weighted by molar-refractivity contribution is 14.1. The lowest BCUT2D eigenvalue weighted by Gasteiger charge is -2.08. The molecule has 0 saturated heterocycles. The first-order valence-corrected chi connectivity index (χ1v) is 6.40. The number of hydrogen-bond donors (Lipinski definition) is 2. The van der Waals surface area contributed by atoms with Gasteiger partial charge in [0.25, 0.3) is 5.91 Å². The minimum absolute atomic E-state index is 0.299. The van der Waals surface area contributed by atoms with Gasteiger partial charge in [-0.25, -0.2) is 4.98 Å². The molecule has 7 heteroatoms. The summed E-state index contributed by atoms with van der Waals surface area (Å²) in [5.41, 5.74) is 5.58.